The molecule has 158 valence electrons. The van der Waals surface area contributed by atoms with Gasteiger partial charge in [-0.25, -0.2) is 0 Å². The number of benzene rings is 3. The maximum Gasteiger partial charge on any atom is 0.255 e. The van der Waals surface area contributed by atoms with Crippen LogP contribution >= 0.6 is 0 Å². The van der Waals surface area contributed by atoms with Crippen LogP contribution in [-0.2, 0) is 0 Å². The lowest BCUT2D eigenvalue weighted by Gasteiger charge is -2.09. The number of rotatable bonds is 8. The molecule has 31 heavy (non-hydrogen) atoms. The summed E-state index contributed by atoms with van der Waals surface area (Å²) in [5, 5.41) is 5.60. The van der Waals surface area contributed by atoms with Gasteiger partial charge in [-0.15, -0.1) is 0 Å². The number of hydrogen-bond donors (Lipinski definition) is 3. The second-order valence-corrected chi connectivity index (χ2v) is 6.80. The first-order valence-corrected chi connectivity index (χ1v) is 9.83. The van der Waals surface area contributed by atoms with Crippen molar-refractivity contribution < 1.29 is 19.1 Å². The van der Waals surface area contributed by atoms with Crippen LogP contribution in [0.25, 0.3) is 0 Å². The highest BCUT2D eigenvalue weighted by atomic mass is 16.5. The Morgan fingerprint density at radius 2 is 1.23 bits per heavy atom. The van der Waals surface area contributed by atoms with Gasteiger partial charge in [0.1, 0.15) is 11.5 Å². The Balaban J connectivity index is 1.58. The molecular formula is C24H23N3O4. The standard InChI is InChI=1S/C24H23N3O4/c1-2-15-26-23(29)17-3-9-19(10-4-17)27-24(30)18-7-13-21(14-8-18)31-20-11-5-16(6-12-20)22(25)28/h3-14H,2,15H2,1H3,(H2,25,28)(H,26,29)(H,27,30). The van der Waals surface area contributed by atoms with E-state index >= 15 is 0 Å². The molecule has 3 aromatic carbocycles. The highest BCUT2D eigenvalue weighted by Crippen LogP contribution is 2.22. The van der Waals surface area contributed by atoms with E-state index in [9.17, 15) is 14.4 Å². The Hall–Kier alpha value is -4.13. The summed E-state index contributed by atoms with van der Waals surface area (Å²) in [5.41, 5.74) is 7.20. The summed E-state index contributed by atoms with van der Waals surface area (Å²) in [7, 11) is 0. The zero-order chi connectivity index (χ0) is 22.2. The maximum atomic E-state index is 12.5. The largest absolute Gasteiger partial charge is 0.457 e. The van der Waals surface area contributed by atoms with Gasteiger partial charge in [-0.2, -0.15) is 0 Å². The molecule has 0 aliphatic carbocycles. The molecule has 0 atom stereocenters. The molecule has 0 bridgehead atoms. The molecule has 0 unspecified atom stereocenters. The van der Waals surface area contributed by atoms with Crippen LogP contribution in [0.1, 0.15) is 44.4 Å². The van der Waals surface area contributed by atoms with Crippen molar-refractivity contribution in [2.45, 2.75) is 13.3 Å². The molecule has 0 aromatic heterocycles. The van der Waals surface area contributed by atoms with E-state index in [4.69, 9.17) is 10.5 Å². The van der Waals surface area contributed by atoms with Crippen LogP contribution in [-0.4, -0.2) is 24.3 Å². The van der Waals surface area contributed by atoms with Crippen molar-refractivity contribution in [3.8, 4) is 11.5 Å². The van der Waals surface area contributed by atoms with Crippen LogP contribution in [0, 0.1) is 0 Å². The minimum absolute atomic E-state index is 0.139. The van der Waals surface area contributed by atoms with Crippen molar-refractivity contribution in [2.24, 2.45) is 5.73 Å². The average molecular weight is 417 g/mol. The third-order valence-corrected chi connectivity index (χ3v) is 4.43. The van der Waals surface area contributed by atoms with Gasteiger partial charge in [0, 0.05) is 28.9 Å². The van der Waals surface area contributed by atoms with Crippen LogP contribution in [0.15, 0.2) is 72.8 Å². The Bertz CT molecular complexity index is 1060. The molecule has 0 radical (unpaired) electrons. The molecule has 0 saturated carbocycles. The van der Waals surface area contributed by atoms with Gasteiger partial charge >= 0.3 is 0 Å². The minimum Gasteiger partial charge on any atom is -0.457 e. The molecule has 0 aliphatic heterocycles. The monoisotopic (exact) mass is 417 g/mol. The van der Waals surface area contributed by atoms with Gasteiger partial charge in [-0.05, 0) is 79.2 Å². The Morgan fingerprint density at radius 3 is 1.74 bits per heavy atom. The fraction of sp³-hybridized carbons (Fsp3) is 0.125. The highest BCUT2D eigenvalue weighted by molar-refractivity contribution is 6.04. The summed E-state index contributed by atoms with van der Waals surface area (Å²) in [6, 6.07) is 19.8. The van der Waals surface area contributed by atoms with Crippen molar-refractivity contribution in [3.63, 3.8) is 0 Å². The van der Waals surface area contributed by atoms with Crippen LogP contribution in [0.4, 0.5) is 5.69 Å². The second kappa shape index (κ2) is 10.1. The number of nitrogens with one attached hydrogen (secondary N) is 2. The van der Waals surface area contributed by atoms with Gasteiger partial charge < -0.3 is 21.1 Å². The molecule has 0 heterocycles. The topological polar surface area (TPSA) is 111 Å². The van der Waals surface area contributed by atoms with Crippen molar-refractivity contribution >= 4 is 23.4 Å². The first-order chi connectivity index (χ1) is 15.0. The number of ether oxygens (including phenoxy) is 1. The van der Waals surface area contributed by atoms with Crippen molar-refractivity contribution in [3.05, 3.63) is 89.5 Å². The number of nitrogens with two attached hydrogens (primary N) is 1. The third-order valence-electron chi connectivity index (χ3n) is 4.43. The van der Waals surface area contributed by atoms with E-state index in [1.165, 1.54) is 0 Å². The Morgan fingerprint density at radius 1 is 0.742 bits per heavy atom. The molecule has 7 heteroatoms. The van der Waals surface area contributed by atoms with Gasteiger partial charge in [-0.3, -0.25) is 14.4 Å². The van der Waals surface area contributed by atoms with Crippen molar-refractivity contribution in [1.29, 1.82) is 0 Å². The van der Waals surface area contributed by atoms with Crippen LogP contribution in [0.5, 0.6) is 11.5 Å². The summed E-state index contributed by atoms with van der Waals surface area (Å²) < 4.78 is 5.71. The minimum atomic E-state index is -0.503. The van der Waals surface area contributed by atoms with E-state index in [-0.39, 0.29) is 11.8 Å². The summed E-state index contributed by atoms with van der Waals surface area (Å²) in [4.78, 5) is 35.5. The van der Waals surface area contributed by atoms with Crippen LogP contribution in [0.2, 0.25) is 0 Å². The average Bonchev–Trinajstić information content (AvgIpc) is 2.78. The number of carbonyl (C=O) groups excluding carboxylic acids is 3. The zero-order valence-electron chi connectivity index (χ0n) is 17.1. The molecular weight excluding hydrogens is 394 g/mol. The highest BCUT2D eigenvalue weighted by Gasteiger charge is 2.09. The number of carbonyl (C=O) groups is 3. The molecule has 0 fully saturated rings. The van der Waals surface area contributed by atoms with Gasteiger partial charge in [0.2, 0.25) is 5.91 Å². The van der Waals surface area contributed by atoms with Crippen molar-refractivity contribution in [1.82, 2.24) is 5.32 Å². The molecule has 3 amide bonds. The lowest BCUT2D eigenvalue weighted by atomic mass is 10.1. The van der Waals surface area contributed by atoms with E-state index < -0.39 is 5.91 Å². The SMILES string of the molecule is CCCNC(=O)c1ccc(NC(=O)c2ccc(Oc3ccc(C(N)=O)cc3)cc2)cc1. The smallest absolute Gasteiger partial charge is 0.255 e. The number of amides is 3. The van der Waals surface area contributed by atoms with Crippen molar-refractivity contribution in [2.75, 3.05) is 11.9 Å². The third kappa shape index (κ3) is 5.93. The van der Waals surface area contributed by atoms with E-state index in [0.717, 1.165) is 6.42 Å². The van der Waals surface area contributed by atoms with Gasteiger partial charge in [0.15, 0.2) is 0 Å². The maximum absolute atomic E-state index is 12.5. The first-order valence-electron chi connectivity index (χ1n) is 9.83. The molecule has 0 spiro atoms. The fourth-order valence-corrected chi connectivity index (χ4v) is 2.75. The molecule has 4 N–H and O–H groups in total. The molecule has 0 saturated heterocycles. The quantitative estimate of drug-likeness (QED) is 0.515. The summed E-state index contributed by atoms with van der Waals surface area (Å²) in [6.45, 7) is 2.61. The lowest BCUT2D eigenvalue weighted by molar-refractivity contribution is 0.0952. The Kier molecular flexibility index (Phi) is 7.01. The first kappa shape index (κ1) is 21.6. The normalized spacial score (nSPS) is 10.2. The Labute approximate surface area is 180 Å². The number of primary amides is 1. The van der Waals surface area contributed by atoms with Gasteiger partial charge in [-0.1, -0.05) is 6.92 Å². The predicted molar refractivity (Wildman–Crippen MR) is 118 cm³/mol. The van der Waals surface area contributed by atoms with E-state index in [2.05, 4.69) is 10.6 Å². The van der Waals surface area contributed by atoms with Crippen LogP contribution in [0.3, 0.4) is 0 Å². The van der Waals surface area contributed by atoms with E-state index in [0.29, 0.717) is 40.4 Å². The molecule has 3 rings (SSSR count). The summed E-state index contributed by atoms with van der Waals surface area (Å²) in [6.07, 6.45) is 0.866. The summed E-state index contributed by atoms with van der Waals surface area (Å²) in [5.74, 6) is 0.174. The second-order valence-electron chi connectivity index (χ2n) is 6.80. The number of anilines is 1. The number of hydrogen-bond acceptors (Lipinski definition) is 4. The van der Waals surface area contributed by atoms with Gasteiger partial charge in [0.25, 0.3) is 11.8 Å². The zero-order valence-corrected chi connectivity index (χ0v) is 17.1. The lowest BCUT2D eigenvalue weighted by Crippen LogP contribution is -2.23. The van der Waals surface area contributed by atoms with E-state index in [1.807, 2.05) is 6.92 Å². The molecule has 7 nitrogen and oxygen atoms in total. The molecule has 3 aromatic rings. The fourth-order valence-electron chi connectivity index (χ4n) is 2.75. The van der Waals surface area contributed by atoms with Gasteiger partial charge in [0.05, 0.1) is 0 Å². The van der Waals surface area contributed by atoms with Crippen LogP contribution < -0.4 is 21.1 Å². The summed E-state index contributed by atoms with van der Waals surface area (Å²) >= 11 is 0. The van der Waals surface area contributed by atoms with E-state index in [1.54, 1.807) is 72.8 Å². The predicted octanol–water partition coefficient (Wildman–Crippen LogP) is 3.97. The molecule has 0 aliphatic rings.